The van der Waals surface area contributed by atoms with Gasteiger partial charge in [-0.25, -0.2) is 4.98 Å². The lowest BCUT2D eigenvalue weighted by atomic mass is 10.2. The number of nitrogens with zero attached hydrogens (tertiary/aromatic N) is 1. The smallest absolute Gasteiger partial charge is 0.133 e. The number of hydrogen-bond donors (Lipinski definition) is 1. The van der Waals surface area contributed by atoms with E-state index in [4.69, 9.17) is 23.8 Å². The van der Waals surface area contributed by atoms with E-state index in [0.717, 1.165) is 26.3 Å². The van der Waals surface area contributed by atoms with Gasteiger partial charge in [0.25, 0.3) is 0 Å². The average molecular weight is 257 g/mol. The Morgan fingerprint density at radius 1 is 1.40 bits per heavy atom. The molecule has 0 saturated carbocycles. The van der Waals surface area contributed by atoms with Crippen molar-refractivity contribution >= 4 is 35.2 Å². The molecule has 2 heterocycles. The van der Waals surface area contributed by atoms with Crippen LogP contribution >= 0.6 is 35.2 Å². The van der Waals surface area contributed by atoms with Gasteiger partial charge in [-0.2, -0.15) is 0 Å². The standard InChI is InChI=1S/C10H9ClN2S2/c1-5-9(7-3-4-8(11)15-7)12-6(2)13-10(5)14/h3-4H,1-2H3,(H,12,13,14). The minimum atomic E-state index is 0.644. The third-order valence-corrected chi connectivity index (χ3v) is 3.74. The number of aromatic amines is 1. The second-order valence-corrected chi connectivity index (χ2v) is 5.33. The van der Waals surface area contributed by atoms with E-state index in [-0.39, 0.29) is 0 Å². The molecular formula is C10H9ClN2S2. The van der Waals surface area contributed by atoms with Crippen LogP contribution in [0.25, 0.3) is 10.6 Å². The predicted octanol–water partition coefficient (Wildman–Crippen LogP) is 4.14. The van der Waals surface area contributed by atoms with Crippen molar-refractivity contribution in [1.29, 1.82) is 0 Å². The van der Waals surface area contributed by atoms with Crippen molar-refractivity contribution < 1.29 is 0 Å². The zero-order valence-corrected chi connectivity index (χ0v) is 10.7. The molecule has 15 heavy (non-hydrogen) atoms. The van der Waals surface area contributed by atoms with E-state index in [0.29, 0.717) is 4.64 Å². The first-order chi connectivity index (χ1) is 7.08. The van der Waals surface area contributed by atoms with Crippen LogP contribution in [-0.4, -0.2) is 9.97 Å². The van der Waals surface area contributed by atoms with E-state index in [2.05, 4.69) is 9.97 Å². The number of thiophene rings is 1. The molecule has 0 bridgehead atoms. The maximum Gasteiger partial charge on any atom is 0.133 e. The molecule has 0 amide bonds. The van der Waals surface area contributed by atoms with Crippen molar-refractivity contribution in [3.8, 4) is 10.6 Å². The summed E-state index contributed by atoms with van der Waals surface area (Å²) < 4.78 is 1.42. The van der Waals surface area contributed by atoms with Gasteiger partial charge in [-0.05, 0) is 26.0 Å². The average Bonchev–Trinajstić information content (AvgIpc) is 2.58. The fourth-order valence-electron chi connectivity index (χ4n) is 1.34. The second-order valence-electron chi connectivity index (χ2n) is 3.23. The molecule has 2 aromatic rings. The highest BCUT2D eigenvalue weighted by Gasteiger charge is 2.07. The van der Waals surface area contributed by atoms with Crippen molar-refractivity contribution in [3.05, 3.63) is 32.5 Å². The second kappa shape index (κ2) is 4.04. The first kappa shape index (κ1) is 10.8. The summed E-state index contributed by atoms with van der Waals surface area (Å²) in [5.74, 6) is 0.824. The van der Waals surface area contributed by atoms with E-state index in [1.54, 1.807) is 0 Å². The Bertz CT molecular complexity index is 557. The molecule has 0 fully saturated rings. The first-order valence-electron chi connectivity index (χ1n) is 4.41. The van der Waals surface area contributed by atoms with Crippen molar-refractivity contribution in [1.82, 2.24) is 9.97 Å². The van der Waals surface area contributed by atoms with E-state index >= 15 is 0 Å². The summed E-state index contributed by atoms with van der Waals surface area (Å²) in [4.78, 5) is 8.51. The van der Waals surface area contributed by atoms with Crippen LogP contribution in [0.15, 0.2) is 12.1 Å². The molecule has 2 rings (SSSR count). The highest BCUT2D eigenvalue weighted by molar-refractivity contribution is 7.71. The van der Waals surface area contributed by atoms with Crippen LogP contribution in [0.4, 0.5) is 0 Å². The third kappa shape index (κ3) is 2.12. The Kier molecular flexibility index (Phi) is 2.91. The zero-order valence-electron chi connectivity index (χ0n) is 8.30. The zero-order chi connectivity index (χ0) is 11.0. The van der Waals surface area contributed by atoms with E-state index in [1.165, 1.54) is 11.3 Å². The predicted molar refractivity (Wildman–Crippen MR) is 67.2 cm³/mol. The minimum absolute atomic E-state index is 0.644. The van der Waals surface area contributed by atoms with Crippen LogP contribution in [0.1, 0.15) is 11.4 Å². The molecule has 0 spiro atoms. The molecule has 0 aliphatic heterocycles. The third-order valence-electron chi connectivity index (χ3n) is 2.09. The van der Waals surface area contributed by atoms with Crippen molar-refractivity contribution in [2.24, 2.45) is 0 Å². The fourth-order valence-corrected chi connectivity index (χ4v) is 2.68. The lowest BCUT2D eigenvalue weighted by Crippen LogP contribution is -1.94. The van der Waals surface area contributed by atoms with Gasteiger partial charge in [-0.3, -0.25) is 0 Å². The molecule has 2 aromatic heterocycles. The van der Waals surface area contributed by atoms with Gasteiger partial charge < -0.3 is 4.98 Å². The number of aromatic nitrogens is 2. The van der Waals surface area contributed by atoms with Crippen LogP contribution in [0, 0.1) is 18.5 Å². The van der Waals surface area contributed by atoms with Crippen molar-refractivity contribution in [3.63, 3.8) is 0 Å². The Balaban J connectivity index is 2.67. The molecule has 0 unspecified atom stereocenters. The van der Waals surface area contributed by atoms with Crippen molar-refractivity contribution in [2.45, 2.75) is 13.8 Å². The minimum Gasteiger partial charge on any atom is -0.342 e. The monoisotopic (exact) mass is 256 g/mol. The van der Waals surface area contributed by atoms with Gasteiger partial charge in [0.2, 0.25) is 0 Å². The summed E-state index contributed by atoms with van der Waals surface area (Å²) in [6.45, 7) is 3.86. The molecular weight excluding hydrogens is 248 g/mol. The van der Waals surface area contributed by atoms with E-state index in [9.17, 15) is 0 Å². The number of nitrogens with one attached hydrogen (secondary N) is 1. The van der Waals surface area contributed by atoms with Crippen LogP contribution in [-0.2, 0) is 0 Å². The van der Waals surface area contributed by atoms with Gasteiger partial charge in [0.05, 0.1) is 14.9 Å². The number of aryl methyl sites for hydroxylation is 1. The van der Waals surface area contributed by atoms with E-state index in [1.807, 2.05) is 26.0 Å². The summed E-state index contributed by atoms with van der Waals surface area (Å²) in [7, 11) is 0. The van der Waals surface area contributed by atoms with Crippen LogP contribution in [0.2, 0.25) is 4.34 Å². The van der Waals surface area contributed by atoms with Gasteiger partial charge >= 0.3 is 0 Å². The first-order valence-corrected chi connectivity index (χ1v) is 6.01. The Morgan fingerprint density at radius 3 is 2.73 bits per heavy atom. The summed E-state index contributed by atoms with van der Waals surface area (Å²) >= 11 is 12.6. The van der Waals surface area contributed by atoms with Crippen LogP contribution < -0.4 is 0 Å². The highest BCUT2D eigenvalue weighted by atomic mass is 35.5. The Labute approximate surface area is 102 Å². The molecule has 78 valence electrons. The van der Waals surface area contributed by atoms with Gasteiger partial charge in [0.1, 0.15) is 10.5 Å². The maximum absolute atomic E-state index is 5.91. The van der Waals surface area contributed by atoms with Crippen LogP contribution in [0.3, 0.4) is 0 Å². The molecule has 0 atom stereocenters. The molecule has 0 aliphatic rings. The number of H-pyrrole nitrogens is 1. The van der Waals surface area contributed by atoms with Gasteiger partial charge in [-0.15, -0.1) is 11.3 Å². The largest absolute Gasteiger partial charge is 0.342 e. The summed E-state index contributed by atoms with van der Waals surface area (Å²) in [6.07, 6.45) is 0. The Hall–Kier alpha value is -0.710. The summed E-state index contributed by atoms with van der Waals surface area (Å²) in [5, 5.41) is 0. The lowest BCUT2D eigenvalue weighted by molar-refractivity contribution is 1.03. The van der Waals surface area contributed by atoms with Gasteiger partial charge in [0.15, 0.2) is 0 Å². The van der Waals surface area contributed by atoms with E-state index < -0.39 is 0 Å². The van der Waals surface area contributed by atoms with Gasteiger partial charge in [-0.1, -0.05) is 23.8 Å². The molecule has 0 aliphatic carbocycles. The number of halogens is 1. The quantitative estimate of drug-likeness (QED) is 0.777. The lowest BCUT2D eigenvalue weighted by Gasteiger charge is -2.04. The number of hydrogen-bond acceptors (Lipinski definition) is 3. The van der Waals surface area contributed by atoms with Gasteiger partial charge in [0, 0.05) is 5.56 Å². The molecule has 0 saturated heterocycles. The summed E-state index contributed by atoms with van der Waals surface area (Å²) in [5.41, 5.74) is 2.01. The summed E-state index contributed by atoms with van der Waals surface area (Å²) in [6, 6.07) is 3.87. The van der Waals surface area contributed by atoms with Crippen molar-refractivity contribution in [2.75, 3.05) is 0 Å². The molecule has 1 N–H and O–H groups in total. The highest BCUT2D eigenvalue weighted by Crippen LogP contribution is 2.31. The SMILES string of the molecule is Cc1nc(=S)c(C)c(-c2ccc(Cl)s2)[nH]1. The van der Waals surface area contributed by atoms with Crippen LogP contribution in [0.5, 0.6) is 0 Å². The fraction of sp³-hybridized carbons (Fsp3) is 0.200. The maximum atomic E-state index is 5.91. The topological polar surface area (TPSA) is 28.7 Å². The molecule has 0 radical (unpaired) electrons. The normalized spacial score (nSPS) is 10.6. The molecule has 2 nitrogen and oxygen atoms in total. The molecule has 5 heteroatoms. The molecule has 0 aromatic carbocycles. The Morgan fingerprint density at radius 2 is 2.13 bits per heavy atom. The number of rotatable bonds is 1.